The van der Waals surface area contributed by atoms with Crippen molar-refractivity contribution in [2.45, 2.75) is 44.6 Å². The third-order valence-electron chi connectivity index (χ3n) is 3.73. The summed E-state index contributed by atoms with van der Waals surface area (Å²) in [5.74, 6) is -0.0970. The standard InChI is InChI=1S/C16H20N2O3/c19-16(17-14-5-3-1-2-4-6-14)12-9-13-7-10-15(11-8-13)18(20)21/h7-12,14H,1-6H2,(H,17,19). The van der Waals surface area contributed by atoms with Crippen molar-refractivity contribution in [3.63, 3.8) is 0 Å². The van der Waals surface area contributed by atoms with Gasteiger partial charge in [0.1, 0.15) is 0 Å². The second-order valence-corrected chi connectivity index (χ2v) is 5.38. The number of benzene rings is 1. The Kier molecular flexibility index (Phi) is 5.49. The van der Waals surface area contributed by atoms with Gasteiger partial charge in [0.25, 0.3) is 5.69 Å². The summed E-state index contributed by atoms with van der Waals surface area (Å²) >= 11 is 0. The first-order valence-electron chi connectivity index (χ1n) is 7.38. The number of nitrogens with zero attached hydrogens (tertiary/aromatic N) is 1. The van der Waals surface area contributed by atoms with Gasteiger partial charge in [-0.15, -0.1) is 0 Å². The molecule has 0 spiro atoms. The highest BCUT2D eigenvalue weighted by molar-refractivity contribution is 5.91. The Morgan fingerprint density at radius 3 is 2.33 bits per heavy atom. The van der Waals surface area contributed by atoms with Crippen LogP contribution in [-0.2, 0) is 4.79 Å². The quantitative estimate of drug-likeness (QED) is 0.399. The summed E-state index contributed by atoms with van der Waals surface area (Å²) < 4.78 is 0. The molecule has 21 heavy (non-hydrogen) atoms. The van der Waals surface area contributed by atoms with Gasteiger partial charge >= 0.3 is 0 Å². The molecule has 1 fully saturated rings. The Morgan fingerprint density at radius 1 is 1.14 bits per heavy atom. The normalized spacial score (nSPS) is 16.6. The molecule has 0 radical (unpaired) electrons. The summed E-state index contributed by atoms with van der Waals surface area (Å²) in [6.07, 6.45) is 10.1. The van der Waals surface area contributed by atoms with Gasteiger partial charge in [-0.25, -0.2) is 0 Å². The zero-order valence-electron chi connectivity index (χ0n) is 12.0. The maximum Gasteiger partial charge on any atom is 0.269 e. The largest absolute Gasteiger partial charge is 0.350 e. The number of non-ortho nitro benzene ring substituents is 1. The lowest BCUT2D eigenvalue weighted by molar-refractivity contribution is -0.384. The molecule has 1 N–H and O–H groups in total. The Bertz CT molecular complexity index is 515. The van der Waals surface area contributed by atoms with E-state index in [9.17, 15) is 14.9 Å². The lowest BCUT2D eigenvalue weighted by Gasteiger charge is -2.14. The molecular formula is C16H20N2O3. The number of amides is 1. The van der Waals surface area contributed by atoms with E-state index in [2.05, 4.69) is 5.32 Å². The van der Waals surface area contributed by atoms with Crippen LogP contribution in [0.1, 0.15) is 44.1 Å². The van der Waals surface area contributed by atoms with Crippen LogP contribution in [0.2, 0.25) is 0 Å². The van der Waals surface area contributed by atoms with Crippen LogP contribution in [0.15, 0.2) is 30.3 Å². The fourth-order valence-electron chi connectivity index (χ4n) is 2.55. The highest BCUT2D eigenvalue weighted by Gasteiger charge is 2.13. The summed E-state index contributed by atoms with van der Waals surface area (Å²) in [7, 11) is 0. The SMILES string of the molecule is O=C(C=Cc1ccc([N+](=O)[O-])cc1)NC1CCCCCC1. The fraction of sp³-hybridized carbons (Fsp3) is 0.438. The minimum absolute atomic E-state index is 0.0510. The van der Waals surface area contributed by atoms with Crippen molar-refractivity contribution < 1.29 is 9.72 Å². The maximum absolute atomic E-state index is 11.9. The van der Waals surface area contributed by atoms with Crippen LogP contribution in [0.25, 0.3) is 6.08 Å². The zero-order valence-corrected chi connectivity index (χ0v) is 12.0. The van der Waals surface area contributed by atoms with Crippen molar-refractivity contribution in [3.05, 3.63) is 46.0 Å². The van der Waals surface area contributed by atoms with Gasteiger partial charge in [-0.2, -0.15) is 0 Å². The van der Waals surface area contributed by atoms with Gasteiger partial charge in [-0.05, 0) is 36.6 Å². The molecule has 0 unspecified atom stereocenters. The van der Waals surface area contributed by atoms with Crippen molar-refractivity contribution in [1.82, 2.24) is 5.32 Å². The average molecular weight is 288 g/mol. The number of nitro benzene ring substituents is 1. The van der Waals surface area contributed by atoms with Crippen LogP contribution in [-0.4, -0.2) is 16.9 Å². The van der Waals surface area contributed by atoms with Crippen molar-refractivity contribution in [2.24, 2.45) is 0 Å². The van der Waals surface area contributed by atoms with Gasteiger partial charge in [0.15, 0.2) is 0 Å². The van der Waals surface area contributed by atoms with E-state index < -0.39 is 4.92 Å². The van der Waals surface area contributed by atoms with Gasteiger partial charge in [-0.3, -0.25) is 14.9 Å². The van der Waals surface area contributed by atoms with Crippen molar-refractivity contribution in [1.29, 1.82) is 0 Å². The zero-order chi connectivity index (χ0) is 15.1. The number of carbonyl (C=O) groups is 1. The average Bonchev–Trinajstić information content (AvgIpc) is 2.74. The molecule has 1 aromatic rings. The van der Waals surface area contributed by atoms with E-state index in [-0.39, 0.29) is 17.6 Å². The van der Waals surface area contributed by atoms with Crippen LogP contribution in [0, 0.1) is 10.1 Å². The Labute approximate surface area is 124 Å². The predicted molar refractivity (Wildman–Crippen MR) is 81.8 cm³/mol. The molecule has 2 rings (SSSR count). The van der Waals surface area contributed by atoms with Crippen LogP contribution >= 0.6 is 0 Å². The maximum atomic E-state index is 11.9. The highest BCUT2D eigenvalue weighted by atomic mass is 16.6. The minimum atomic E-state index is -0.438. The molecule has 1 aliphatic rings. The second-order valence-electron chi connectivity index (χ2n) is 5.38. The van der Waals surface area contributed by atoms with E-state index >= 15 is 0 Å². The molecule has 0 aromatic heterocycles. The van der Waals surface area contributed by atoms with Crippen LogP contribution < -0.4 is 5.32 Å². The van der Waals surface area contributed by atoms with E-state index in [0.29, 0.717) is 0 Å². The van der Waals surface area contributed by atoms with Crippen LogP contribution in [0.3, 0.4) is 0 Å². The summed E-state index contributed by atoms with van der Waals surface area (Å²) in [5, 5.41) is 13.6. The molecule has 0 saturated heterocycles. The number of nitro groups is 1. The van der Waals surface area contributed by atoms with Gasteiger partial charge in [-0.1, -0.05) is 25.7 Å². The number of nitrogens with one attached hydrogen (secondary N) is 1. The fourth-order valence-corrected chi connectivity index (χ4v) is 2.55. The van der Waals surface area contributed by atoms with E-state index in [1.165, 1.54) is 43.9 Å². The lowest BCUT2D eigenvalue weighted by atomic mass is 10.1. The predicted octanol–water partition coefficient (Wildman–Crippen LogP) is 3.45. The molecule has 0 atom stereocenters. The third-order valence-corrected chi connectivity index (χ3v) is 3.73. The first-order valence-corrected chi connectivity index (χ1v) is 7.38. The third kappa shape index (κ3) is 5.02. The molecule has 0 heterocycles. The smallest absolute Gasteiger partial charge is 0.269 e. The summed E-state index contributed by atoms with van der Waals surface area (Å²) in [6, 6.07) is 6.41. The molecule has 5 heteroatoms. The molecule has 1 aromatic carbocycles. The Balaban J connectivity index is 1.87. The van der Waals surface area contributed by atoms with Crippen molar-refractivity contribution in [2.75, 3.05) is 0 Å². The van der Waals surface area contributed by atoms with E-state index in [1.807, 2.05) is 0 Å². The monoisotopic (exact) mass is 288 g/mol. The topological polar surface area (TPSA) is 72.2 Å². The van der Waals surface area contributed by atoms with E-state index in [1.54, 1.807) is 18.2 Å². The Hall–Kier alpha value is -2.17. The molecule has 112 valence electrons. The number of hydrogen-bond donors (Lipinski definition) is 1. The van der Waals surface area contributed by atoms with E-state index in [4.69, 9.17) is 0 Å². The molecule has 0 aliphatic heterocycles. The molecule has 1 amide bonds. The molecule has 1 saturated carbocycles. The van der Waals surface area contributed by atoms with Crippen LogP contribution in [0.5, 0.6) is 0 Å². The van der Waals surface area contributed by atoms with Crippen molar-refractivity contribution >= 4 is 17.7 Å². The molecular weight excluding hydrogens is 268 g/mol. The number of carbonyl (C=O) groups excluding carboxylic acids is 1. The van der Waals surface area contributed by atoms with Crippen molar-refractivity contribution in [3.8, 4) is 0 Å². The van der Waals surface area contributed by atoms with Gasteiger partial charge < -0.3 is 5.32 Å². The highest BCUT2D eigenvalue weighted by Crippen LogP contribution is 2.17. The summed E-state index contributed by atoms with van der Waals surface area (Å²) in [6.45, 7) is 0. The first kappa shape index (κ1) is 15.2. The number of hydrogen-bond acceptors (Lipinski definition) is 3. The summed E-state index contributed by atoms with van der Waals surface area (Å²) in [4.78, 5) is 22.0. The van der Waals surface area contributed by atoms with Gasteiger partial charge in [0.2, 0.25) is 5.91 Å². The number of rotatable bonds is 4. The minimum Gasteiger partial charge on any atom is -0.350 e. The van der Waals surface area contributed by atoms with Gasteiger partial charge in [0, 0.05) is 24.3 Å². The molecule has 1 aliphatic carbocycles. The van der Waals surface area contributed by atoms with Crippen LogP contribution in [0.4, 0.5) is 5.69 Å². The first-order chi connectivity index (χ1) is 10.1. The second kappa shape index (κ2) is 7.57. The van der Waals surface area contributed by atoms with E-state index in [0.717, 1.165) is 18.4 Å². The molecule has 0 bridgehead atoms. The lowest BCUT2D eigenvalue weighted by Crippen LogP contribution is -2.33. The molecule has 5 nitrogen and oxygen atoms in total. The summed E-state index contributed by atoms with van der Waals surface area (Å²) in [5.41, 5.74) is 0.826. The Morgan fingerprint density at radius 2 is 1.76 bits per heavy atom. The van der Waals surface area contributed by atoms with Gasteiger partial charge in [0.05, 0.1) is 4.92 Å².